The van der Waals surface area contributed by atoms with Crippen LogP contribution in [0, 0.1) is 5.82 Å². The molecule has 0 bridgehead atoms. The molecule has 160 valence electrons. The summed E-state index contributed by atoms with van der Waals surface area (Å²) in [5.41, 5.74) is 3.33. The van der Waals surface area contributed by atoms with Gasteiger partial charge in [-0.1, -0.05) is 30.3 Å². The second-order valence-corrected chi connectivity index (χ2v) is 6.92. The highest BCUT2D eigenvalue weighted by Gasteiger charge is 2.11. The first-order valence-corrected chi connectivity index (χ1v) is 9.75. The molecule has 5 rings (SSSR count). The Labute approximate surface area is 190 Å². The van der Waals surface area contributed by atoms with E-state index < -0.39 is 0 Å². The normalized spacial score (nSPS) is 10.5. The number of hydrogen-bond acceptors (Lipinski definition) is 5. The molecule has 3 aromatic carbocycles. The molecule has 2 aromatic heterocycles. The fourth-order valence-corrected chi connectivity index (χ4v) is 3.23. The third kappa shape index (κ3) is 4.53. The molecule has 0 aliphatic rings. The minimum Gasteiger partial charge on any atom is -0.489 e. The van der Waals surface area contributed by atoms with Crippen molar-refractivity contribution in [3.8, 4) is 11.4 Å². The van der Waals surface area contributed by atoms with Crippen molar-refractivity contribution in [2.24, 2.45) is 0 Å². The summed E-state index contributed by atoms with van der Waals surface area (Å²) in [4.78, 5) is 8.70. The van der Waals surface area contributed by atoms with Crippen molar-refractivity contribution in [3.05, 3.63) is 103 Å². The zero-order valence-corrected chi connectivity index (χ0v) is 17.7. The predicted molar refractivity (Wildman–Crippen MR) is 124 cm³/mol. The lowest BCUT2D eigenvalue weighted by Crippen LogP contribution is -2.00. The second-order valence-electron chi connectivity index (χ2n) is 6.92. The smallest absolute Gasteiger partial charge is 0.168 e. The van der Waals surface area contributed by atoms with E-state index >= 15 is 0 Å². The monoisotopic (exact) mass is 447 g/mol. The molecular weight excluding hydrogens is 429 g/mol. The van der Waals surface area contributed by atoms with E-state index in [9.17, 15) is 4.39 Å². The van der Waals surface area contributed by atoms with E-state index in [0.717, 1.165) is 28.1 Å². The van der Waals surface area contributed by atoms with E-state index in [1.165, 1.54) is 18.5 Å². The Hall–Kier alpha value is -3.97. The summed E-state index contributed by atoms with van der Waals surface area (Å²) in [7, 11) is 0. The van der Waals surface area contributed by atoms with Crippen LogP contribution >= 0.6 is 12.4 Å². The van der Waals surface area contributed by atoms with Crippen LogP contribution in [0.2, 0.25) is 0 Å². The number of benzene rings is 3. The number of nitrogens with zero attached hydrogens (tertiary/aromatic N) is 4. The molecule has 0 saturated carbocycles. The Morgan fingerprint density at radius 2 is 1.62 bits per heavy atom. The van der Waals surface area contributed by atoms with Crippen molar-refractivity contribution in [3.63, 3.8) is 0 Å². The molecule has 0 fully saturated rings. The lowest BCUT2D eigenvalue weighted by molar-refractivity contribution is 0.306. The molecule has 0 aliphatic heterocycles. The van der Waals surface area contributed by atoms with E-state index in [4.69, 9.17) is 4.74 Å². The number of halogens is 2. The Morgan fingerprint density at radius 3 is 2.38 bits per heavy atom. The fourth-order valence-electron chi connectivity index (χ4n) is 3.23. The topological polar surface area (TPSA) is 64.9 Å². The van der Waals surface area contributed by atoms with Crippen molar-refractivity contribution >= 4 is 34.9 Å². The molecular formula is C24H19ClFN5O. The van der Waals surface area contributed by atoms with Crippen LogP contribution in [0.3, 0.4) is 0 Å². The summed E-state index contributed by atoms with van der Waals surface area (Å²) in [5, 5.41) is 8.46. The van der Waals surface area contributed by atoms with Gasteiger partial charge in [0.05, 0.1) is 17.3 Å². The van der Waals surface area contributed by atoms with Gasteiger partial charge in [-0.3, -0.25) is 0 Å². The number of anilines is 2. The Balaban J connectivity index is 0.00000245. The molecule has 0 radical (unpaired) electrons. The Bertz CT molecular complexity index is 1310. The van der Waals surface area contributed by atoms with Crippen molar-refractivity contribution in [1.82, 2.24) is 19.7 Å². The molecule has 0 atom stereocenters. The van der Waals surface area contributed by atoms with Gasteiger partial charge in [0.2, 0.25) is 0 Å². The lowest BCUT2D eigenvalue weighted by Gasteiger charge is -2.09. The number of aromatic nitrogens is 4. The Kier molecular flexibility index (Phi) is 6.28. The van der Waals surface area contributed by atoms with Gasteiger partial charge in [-0.25, -0.2) is 19.0 Å². The van der Waals surface area contributed by atoms with Crippen LogP contribution in [-0.4, -0.2) is 19.7 Å². The van der Waals surface area contributed by atoms with Crippen LogP contribution in [0.4, 0.5) is 15.9 Å². The quantitative estimate of drug-likeness (QED) is 0.361. The van der Waals surface area contributed by atoms with Gasteiger partial charge in [0.1, 0.15) is 30.3 Å². The molecule has 6 nitrogen and oxygen atoms in total. The minimum atomic E-state index is -0.298. The summed E-state index contributed by atoms with van der Waals surface area (Å²) in [6, 6.07) is 23.8. The molecule has 2 heterocycles. The molecule has 32 heavy (non-hydrogen) atoms. The maximum absolute atomic E-state index is 13.2. The highest BCUT2D eigenvalue weighted by Crippen LogP contribution is 2.26. The zero-order valence-electron chi connectivity index (χ0n) is 16.9. The van der Waals surface area contributed by atoms with E-state index in [1.807, 2.05) is 54.6 Å². The zero-order chi connectivity index (χ0) is 21.0. The van der Waals surface area contributed by atoms with Gasteiger partial charge < -0.3 is 10.1 Å². The van der Waals surface area contributed by atoms with Gasteiger partial charge in [0.25, 0.3) is 0 Å². The minimum absolute atomic E-state index is 0. The highest BCUT2D eigenvalue weighted by molar-refractivity contribution is 5.89. The molecule has 0 amide bonds. The first kappa shape index (κ1) is 21.3. The van der Waals surface area contributed by atoms with Gasteiger partial charge in [-0.15, -0.1) is 12.4 Å². The van der Waals surface area contributed by atoms with Crippen LogP contribution < -0.4 is 10.1 Å². The number of hydrogen-bond donors (Lipinski definition) is 1. The average Bonchev–Trinajstić information content (AvgIpc) is 3.25. The third-order valence-corrected chi connectivity index (χ3v) is 4.80. The Morgan fingerprint density at radius 1 is 0.875 bits per heavy atom. The number of fused-ring (bicyclic) bond motifs is 1. The van der Waals surface area contributed by atoms with E-state index in [1.54, 1.807) is 23.0 Å². The van der Waals surface area contributed by atoms with Gasteiger partial charge in [0, 0.05) is 5.69 Å². The van der Waals surface area contributed by atoms with Gasteiger partial charge >= 0.3 is 0 Å². The molecule has 5 aromatic rings. The van der Waals surface area contributed by atoms with E-state index in [-0.39, 0.29) is 18.2 Å². The standard InChI is InChI=1S/C24H18FN5O.ClH/c25-18-6-10-20(11-7-18)30-24-22(14-28-30)23(26-16-27-24)29-19-8-12-21(13-9-19)31-15-17-4-2-1-3-5-17;/h1-14,16H,15H2,(H,26,27,29);1H. The molecule has 1 N–H and O–H groups in total. The van der Waals surface area contributed by atoms with Crippen LogP contribution in [0.5, 0.6) is 5.75 Å². The average molecular weight is 448 g/mol. The summed E-state index contributed by atoms with van der Waals surface area (Å²) in [6.07, 6.45) is 3.17. The highest BCUT2D eigenvalue weighted by atomic mass is 35.5. The number of rotatable bonds is 6. The van der Waals surface area contributed by atoms with Crippen LogP contribution in [0.25, 0.3) is 16.7 Å². The summed E-state index contributed by atoms with van der Waals surface area (Å²) >= 11 is 0. The molecule has 0 unspecified atom stereocenters. The van der Waals surface area contributed by atoms with E-state index in [0.29, 0.717) is 18.1 Å². The third-order valence-electron chi connectivity index (χ3n) is 4.80. The van der Waals surface area contributed by atoms with Crippen LogP contribution in [0.1, 0.15) is 5.56 Å². The molecule has 0 spiro atoms. The lowest BCUT2D eigenvalue weighted by atomic mass is 10.2. The van der Waals surface area contributed by atoms with E-state index in [2.05, 4.69) is 20.4 Å². The predicted octanol–water partition coefficient (Wildman–Crippen LogP) is 5.70. The summed E-state index contributed by atoms with van der Waals surface area (Å²) in [5.74, 6) is 1.12. The van der Waals surface area contributed by atoms with Gasteiger partial charge in [-0.05, 0) is 54.1 Å². The van der Waals surface area contributed by atoms with Crippen LogP contribution in [-0.2, 0) is 6.61 Å². The first-order valence-electron chi connectivity index (χ1n) is 9.75. The van der Waals surface area contributed by atoms with Crippen molar-refractivity contribution < 1.29 is 9.13 Å². The first-order chi connectivity index (χ1) is 15.3. The van der Waals surface area contributed by atoms with Gasteiger partial charge in [0.15, 0.2) is 5.65 Å². The number of nitrogens with one attached hydrogen (secondary N) is 1. The second kappa shape index (κ2) is 9.45. The fraction of sp³-hybridized carbons (Fsp3) is 0.0417. The molecule has 0 saturated heterocycles. The molecule has 0 aliphatic carbocycles. The number of ether oxygens (including phenoxy) is 1. The summed E-state index contributed by atoms with van der Waals surface area (Å²) < 4.78 is 20.7. The maximum atomic E-state index is 13.2. The van der Waals surface area contributed by atoms with Crippen molar-refractivity contribution in [2.45, 2.75) is 6.61 Å². The maximum Gasteiger partial charge on any atom is 0.168 e. The van der Waals surface area contributed by atoms with Crippen LogP contribution in [0.15, 0.2) is 91.4 Å². The molecule has 8 heteroatoms. The van der Waals surface area contributed by atoms with Gasteiger partial charge in [-0.2, -0.15) is 5.10 Å². The summed E-state index contributed by atoms with van der Waals surface area (Å²) in [6.45, 7) is 0.517. The van der Waals surface area contributed by atoms with Crippen molar-refractivity contribution in [1.29, 1.82) is 0 Å². The largest absolute Gasteiger partial charge is 0.489 e. The SMILES string of the molecule is Cl.Fc1ccc(-n2ncc3c(Nc4ccc(OCc5ccccc5)cc4)ncnc32)cc1. The van der Waals surface area contributed by atoms with Crippen molar-refractivity contribution in [2.75, 3.05) is 5.32 Å².